The highest BCUT2D eigenvalue weighted by Crippen LogP contribution is 2.30. The van der Waals surface area contributed by atoms with Crippen LogP contribution in [0.3, 0.4) is 0 Å². The molecule has 5 heteroatoms. The molecule has 0 radical (unpaired) electrons. The van der Waals surface area contributed by atoms with Crippen LogP contribution in [-0.4, -0.2) is 29.9 Å². The smallest absolute Gasteiger partial charge is 0.117 e. The van der Waals surface area contributed by atoms with E-state index in [1.165, 1.54) is 11.8 Å². The number of phenols is 1. The average molecular weight is 347 g/mol. The van der Waals surface area contributed by atoms with Crippen LogP contribution in [0.1, 0.15) is 18.4 Å². The fourth-order valence-corrected chi connectivity index (χ4v) is 3.44. The highest BCUT2D eigenvalue weighted by molar-refractivity contribution is 6.30. The van der Waals surface area contributed by atoms with Gasteiger partial charge in [-0.15, -0.1) is 0 Å². The summed E-state index contributed by atoms with van der Waals surface area (Å²) in [5.74, 6) is 0.606. The molecule has 1 fully saturated rings. The lowest BCUT2D eigenvalue weighted by Gasteiger charge is -2.34. The Balaban J connectivity index is 1.70. The van der Waals surface area contributed by atoms with Crippen molar-refractivity contribution in [2.45, 2.75) is 19.4 Å². The van der Waals surface area contributed by atoms with Gasteiger partial charge in [0.25, 0.3) is 0 Å². The first-order chi connectivity index (χ1) is 11.7. The lowest BCUT2D eigenvalue weighted by Crippen LogP contribution is -2.35. The van der Waals surface area contributed by atoms with Gasteiger partial charge < -0.3 is 20.4 Å². The zero-order chi connectivity index (χ0) is 16.9. The first-order valence-corrected chi connectivity index (χ1v) is 8.70. The van der Waals surface area contributed by atoms with E-state index in [1.807, 2.05) is 18.2 Å². The normalized spacial score (nSPS) is 15.5. The Bertz CT molecular complexity index is 665. The van der Waals surface area contributed by atoms with Crippen molar-refractivity contribution < 1.29 is 10.2 Å². The third-order valence-corrected chi connectivity index (χ3v) is 4.76. The second-order valence-corrected chi connectivity index (χ2v) is 6.74. The number of anilines is 2. The van der Waals surface area contributed by atoms with Crippen LogP contribution in [0.25, 0.3) is 0 Å². The van der Waals surface area contributed by atoms with Gasteiger partial charge in [0.2, 0.25) is 0 Å². The molecule has 3 rings (SSSR count). The van der Waals surface area contributed by atoms with Crippen LogP contribution < -0.4 is 10.2 Å². The fraction of sp³-hybridized carbons (Fsp3) is 0.368. The van der Waals surface area contributed by atoms with Gasteiger partial charge in [-0.25, -0.2) is 0 Å². The first kappa shape index (κ1) is 16.9. The largest absolute Gasteiger partial charge is 0.508 e. The maximum Gasteiger partial charge on any atom is 0.117 e. The third-order valence-electron chi connectivity index (χ3n) is 4.54. The number of rotatable bonds is 5. The molecule has 0 bridgehead atoms. The van der Waals surface area contributed by atoms with Crippen molar-refractivity contribution in [2.24, 2.45) is 5.92 Å². The summed E-state index contributed by atoms with van der Waals surface area (Å²) in [6, 6.07) is 13.3. The van der Waals surface area contributed by atoms with Crippen molar-refractivity contribution in [1.82, 2.24) is 0 Å². The number of nitrogens with one attached hydrogen (secondary N) is 1. The van der Waals surface area contributed by atoms with Crippen LogP contribution >= 0.6 is 11.6 Å². The molecule has 1 aliphatic rings. The lowest BCUT2D eigenvalue weighted by molar-refractivity contribution is 0.203. The van der Waals surface area contributed by atoms with Gasteiger partial charge in [0.1, 0.15) is 5.75 Å². The maximum absolute atomic E-state index is 9.66. The Kier molecular flexibility index (Phi) is 5.48. The molecule has 0 aliphatic carbocycles. The molecule has 2 aromatic rings. The van der Waals surface area contributed by atoms with E-state index in [0.717, 1.165) is 37.2 Å². The predicted molar refractivity (Wildman–Crippen MR) is 98.9 cm³/mol. The Morgan fingerprint density at radius 2 is 1.88 bits per heavy atom. The van der Waals surface area contributed by atoms with Crippen molar-refractivity contribution in [3.05, 3.63) is 53.1 Å². The van der Waals surface area contributed by atoms with Gasteiger partial charge in [0, 0.05) is 31.3 Å². The summed E-state index contributed by atoms with van der Waals surface area (Å²) in [7, 11) is 0. The summed E-state index contributed by atoms with van der Waals surface area (Å²) in [5, 5.41) is 22.9. The van der Waals surface area contributed by atoms with E-state index in [-0.39, 0.29) is 12.4 Å². The van der Waals surface area contributed by atoms with Crippen LogP contribution in [0.15, 0.2) is 42.5 Å². The summed E-state index contributed by atoms with van der Waals surface area (Å²) in [6.07, 6.45) is 2.04. The molecule has 1 heterocycles. The summed E-state index contributed by atoms with van der Waals surface area (Å²) in [5.41, 5.74) is 3.19. The Morgan fingerprint density at radius 1 is 1.12 bits per heavy atom. The fourth-order valence-electron chi connectivity index (χ4n) is 3.19. The zero-order valence-electron chi connectivity index (χ0n) is 13.6. The van der Waals surface area contributed by atoms with Gasteiger partial charge in [-0.2, -0.15) is 0 Å². The molecule has 4 nitrogen and oxygen atoms in total. The number of piperidine rings is 1. The average Bonchev–Trinajstić information content (AvgIpc) is 2.59. The number of benzene rings is 2. The molecule has 0 atom stereocenters. The maximum atomic E-state index is 9.66. The summed E-state index contributed by atoms with van der Waals surface area (Å²) < 4.78 is 0. The van der Waals surface area contributed by atoms with Crippen LogP contribution in [0, 0.1) is 5.92 Å². The number of aliphatic hydroxyl groups is 1. The minimum Gasteiger partial charge on any atom is -0.508 e. The topological polar surface area (TPSA) is 55.7 Å². The van der Waals surface area contributed by atoms with E-state index >= 15 is 0 Å². The Hall–Kier alpha value is -1.91. The molecule has 1 saturated heterocycles. The molecule has 1 aliphatic heterocycles. The quantitative estimate of drug-likeness (QED) is 0.769. The molecule has 3 N–H and O–H groups in total. The van der Waals surface area contributed by atoms with E-state index in [2.05, 4.69) is 22.3 Å². The summed E-state index contributed by atoms with van der Waals surface area (Å²) in [4.78, 5) is 2.37. The molecule has 0 spiro atoms. The molecule has 0 aromatic heterocycles. The van der Waals surface area contributed by atoms with Crippen LogP contribution in [0.5, 0.6) is 5.75 Å². The molecule has 0 amide bonds. The van der Waals surface area contributed by atoms with Gasteiger partial charge in [0.15, 0.2) is 0 Å². The van der Waals surface area contributed by atoms with Crippen molar-refractivity contribution in [3.8, 4) is 5.75 Å². The van der Waals surface area contributed by atoms with Gasteiger partial charge in [-0.05, 0) is 54.7 Å². The molecular formula is C19H23ClN2O2. The first-order valence-electron chi connectivity index (χ1n) is 8.33. The van der Waals surface area contributed by atoms with Crippen molar-refractivity contribution in [2.75, 3.05) is 29.9 Å². The number of para-hydroxylation sites is 2. The second kappa shape index (κ2) is 7.77. The van der Waals surface area contributed by atoms with Crippen molar-refractivity contribution in [3.63, 3.8) is 0 Å². The minimum absolute atomic E-state index is 0.179. The number of aromatic hydroxyl groups is 1. The number of nitrogens with zero attached hydrogens (tertiary/aromatic N) is 1. The van der Waals surface area contributed by atoms with Crippen LogP contribution in [-0.2, 0) is 6.54 Å². The molecular weight excluding hydrogens is 324 g/mol. The second-order valence-electron chi connectivity index (χ2n) is 6.30. The van der Waals surface area contributed by atoms with E-state index < -0.39 is 0 Å². The minimum atomic E-state index is 0.179. The van der Waals surface area contributed by atoms with Crippen molar-refractivity contribution >= 4 is 23.0 Å². The van der Waals surface area contributed by atoms with Crippen LogP contribution in [0.2, 0.25) is 5.02 Å². The number of hydrogen-bond acceptors (Lipinski definition) is 4. The van der Waals surface area contributed by atoms with E-state index in [4.69, 9.17) is 11.6 Å². The zero-order valence-corrected chi connectivity index (χ0v) is 14.3. The van der Waals surface area contributed by atoms with E-state index in [0.29, 0.717) is 17.5 Å². The summed E-state index contributed by atoms with van der Waals surface area (Å²) in [6.45, 7) is 2.80. The highest BCUT2D eigenvalue weighted by atomic mass is 35.5. The molecule has 0 unspecified atom stereocenters. The van der Waals surface area contributed by atoms with E-state index in [9.17, 15) is 10.2 Å². The van der Waals surface area contributed by atoms with Gasteiger partial charge >= 0.3 is 0 Å². The Morgan fingerprint density at radius 3 is 2.58 bits per heavy atom. The predicted octanol–water partition coefficient (Wildman–Crippen LogP) is 3.87. The third kappa shape index (κ3) is 4.13. The Labute approximate surface area is 147 Å². The number of hydrogen-bond donors (Lipinski definition) is 3. The molecule has 24 heavy (non-hydrogen) atoms. The van der Waals surface area contributed by atoms with E-state index in [1.54, 1.807) is 6.07 Å². The standard InChI is InChI=1S/C19H23ClN2O2/c20-16-9-15(10-17(24)11-16)12-21-18-3-1-2-4-19(18)22-7-5-14(13-23)6-8-22/h1-4,9-11,14,21,23-24H,5-8,12-13H2. The monoisotopic (exact) mass is 346 g/mol. The number of phenolic OH excluding ortho intramolecular Hbond substituents is 1. The van der Waals surface area contributed by atoms with Gasteiger partial charge in [-0.3, -0.25) is 0 Å². The number of halogens is 1. The molecule has 128 valence electrons. The molecule has 0 saturated carbocycles. The van der Waals surface area contributed by atoms with Gasteiger partial charge in [-0.1, -0.05) is 23.7 Å². The number of aliphatic hydroxyl groups excluding tert-OH is 1. The SMILES string of the molecule is OCC1CCN(c2ccccc2NCc2cc(O)cc(Cl)c2)CC1. The van der Waals surface area contributed by atoms with Crippen LogP contribution in [0.4, 0.5) is 11.4 Å². The van der Waals surface area contributed by atoms with Crippen molar-refractivity contribution in [1.29, 1.82) is 0 Å². The van der Waals surface area contributed by atoms with Gasteiger partial charge in [0.05, 0.1) is 11.4 Å². The highest BCUT2D eigenvalue weighted by Gasteiger charge is 2.20. The lowest BCUT2D eigenvalue weighted by atomic mass is 9.97. The molecule has 2 aromatic carbocycles. The summed E-state index contributed by atoms with van der Waals surface area (Å²) >= 11 is 6.00.